The Bertz CT molecular complexity index is 465. The SMILES string of the molecule is CCOc1ccc(C(O)CCN2CCC3CCC(C3)C2)cc1.Cl. The van der Waals surface area contributed by atoms with Crippen molar-refractivity contribution in [2.24, 2.45) is 11.8 Å². The van der Waals surface area contributed by atoms with Crippen molar-refractivity contribution < 1.29 is 9.84 Å². The van der Waals surface area contributed by atoms with E-state index >= 15 is 0 Å². The fourth-order valence-corrected chi connectivity index (χ4v) is 4.06. The quantitative estimate of drug-likeness (QED) is 0.848. The maximum Gasteiger partial charge on any atom is 0.119 e. The standard InChI is InChI=1S/C19H29NO2.ClH/c1-2-22-18-7-5-17(6-8-18)19(21)10-12-20-11-9-15-3-4-16(13-15)14-20;/h5-8,15-16,19,21H,2-4,9-14H2,1H3;1H. The zero-order valence-electron chi connectivity index (χ0n) is 14.1. The second-order valence-electron chi connectivity index (χ2n) is 6.94. The third kappa shape index (κ3) is 5.10. The maximum atomic E-state index is 10.4. The van der Waals surface area contributed by atoms with E-state index in [1.165, 1.54) is 38.8 Å². The number of nitrogens with zero attached hydrogens (tertiary/aromatic N) is 1. The highest BCUT2D eigenvalue weighted by molar-refractivity contribution is 5.85. The Balaban J connectivity index is 0.00000192. The highest BCUT2D eigenvalue weighted by atomic mass is 35.5. The van der Waals surface area contributed by atoms with Gasteiger partial charge in [0.25, 0.3) is 0 Å². The van der Waals surface area contributed by atoms with E-state index in [4.69, 9.17) is 4.74 Å². The molecule has 2 aliphatic rings. The van der Waals surface area contributed by atoms with Gasteiger partial charge in [0.05, 0.1) is 12.7 Å². The molecule has 3 atom stereocenters. The molecule has 1 aromatic rings. The average Bonchev–Trinajstić information content (AvgIpc) is 2.87. The predicted molar refractivity (Wildman–Crippen MR) is 96.3 cm³/mol. The van der Waals surface area contributed by atoms with Crippen LogP contribution in [-0.2, 0) is 0 Å². The normalized spacial score (nSPS) is 25.5. The van der Waals surface area contributed by atoms with Gasteiger partial charge >= 0.3 is 0 Å². The fourth-order valence-electron chi connectivity index (χ4n) is 4.06. The summed E-state index contributed by atoms with van der Waals surface area (Å²) in [6.45, 7) is 6.14. The van der Waals surface area contributed by atoms with E-state index in [0.717, 1.165) is 36.1 Å². The highest BCUT2D eigenvalue weighted by Crippen LogP contribution is 2.36. The minimum absolute atomic E-state index is 0. The molecule has 2 fully saturated rings. The zero-order valence-corrected chi connectivity index (χ0v) is 14.9. The van der Waals surface area contributed by atoms with Crippen molar-refractivity contribution in [3.63, 3.8) is 0 Å². The topological polar surface area (TPSA) is 32.7 Å². The molecule has 1 heterocycles. The van der Waals surface area contributed by atoms with E-state index in [0.29, 0.717) is 6.61 Å². The van der Waals surface area contributed by atoms with Crippen LogP contribution in [0.5, 0.6) is 5.75 Å². The summed E-state index contributed by atoms with van der Waals surface area (Å²) in [7, 11) is 0. The van der Waals surface area contributed by atoms with Gasteiger partial charge in [0.2, 0.25) is 0 Å². The number of rotatable bonds is 6. The lowest BCUT2D eigenvalue weighted by molar-refractivity contribution is 0.136. The second kappa shape index (κ2) is 8.91. The number of benzene rings is 1. The fraction of sp³-hybridized carbons (Fsp3) is 0.684. The molecule has 130 valence electrons. The van der Waals surface area contributed by atoms with Crippen LogP contribution in [0.2, 0.25) is 0 Å². The van der Waals surface area contributed by atoms with Gasteiger partial charge in [-0.15, -0.1) is 12.4 Å². The summed E-state index contributed by atoms with van der Waals surface area (Å²) < 4.78 is 5.45. The van der Waals surface area contributed by atoms with Gasteiger partial charge in [0, 0.05) is 13.1 Å². The van der Waals surface area contributed by atoms with Crippen LogP contribution in [0.15, 0.2) is 24.3 Å². The molecule has 0 amide bonds. The van der Waals surface area contributed by atoms with Gasteiger partial charge in [0.15, 0.2) is 0 Å². The smallest absolute Gasteiger partial charge is 0.119 e. The average molecular weight is 340 g/mol. The van der Waals surface area contributed by atoms with Gasteiger partial charge in [-0.1, -0.05) is 18.6 Å². The highest BCUT2D eigenvalue weighted by Gasteiger charge is 2.29. The Labute approximate surface area is 146 Å². The molecule has 1 aromatic carbocycles. The summed E-state index contributed by atoms with van der Waals surface area (Å²) in [5, 5.41) is 10.4. The minimum Gasteiger partial charge on any atom is -0.494 e. The molecule has 1 saturated carbocycles. The third-order valence-electron chi connectivity index (χ3n) is 5.31. The number of halogens is 1. The van der Waals surface area contributed by atoms with Crippen LogP contribution in [0, 0.1) is 11.8 Å². The van der Waals surface area contributed by atoms with Gasteiger partial charge in [0.1, 0.15) is 5.75 Å². The summed E-state index contributed by atoms with van der Waals surface area (Å²) in [6, 6.07) is 7.87. The van der Waals surface area contributed by atoms with Gasteiger partial charge in [-0.3, -0.25) is 0 Å². The lowest BCUT2D eigenvalue weighted by atomic mass is 10.0. The molecule has 0 aromatic heterocycles. The van der Waals surface area contributed by atoms with E-state index in [2.05, 4.69) is 4.90 Å². The third-order valence-corrected chi connectivity index (χ3v) is 5.31. The van der Waals surface area contributed by atoms with Crippen molar-refractivity contribution in [3.8, 4) is 5.75 Å². The van der Waals surface area contributed by atoms with Gasteiger partial charge in [-0.25, -0.2) is 0 Å². The van der Waals surface area contributed by atoms with Crippen molar-refractivity contribution in [2.75, 3.05) is 26.2 Å². The Hall–Kier alpha value is -0.770. The summed E-state index contributed by atoms with van der Waals surface area (Å²) in [6.07, 6.45) is 6.13. The number of aliphatic hydroxyl groups excluding tert-OH is 1. The first-order valence-electron chi connectivity index (χ1n) is 8.87. The first-order chi connectivity index (χ1) is 10.7. The molecule has 2 bridgehead atoms. The molecule has 1 N–H and O–H groups in total. The molecule has 3 unspecified atom stereocenters. The zero-order chi connectivity index (χ0) is 15.4. The number of hydrogen-bond donors (Lipinski definition) is 1. The van der Waals surface area contributed by atoms with Crippen molar-refractivity contribution in [1.82, 2.24) is 4.90 Å². The van der Waals surface area contributed by atoms with Crippen molar-refractivity contribution >= 4 is 12.4 Å². The monoisotopic (exact) mass is 339 g/mol. The molecule has 1 aliphatic carbocycles. The first-order valence-corrected chi connectivity index (χ1v) is 8.87. The van der Waals surface area contributed by atoms with Gasteiger partial charge in [-0.05, 0) is 68.7 Å². The molecule has 1 saturated heterocycles. The second-order valence-corrected chi connectivity index (χ2v) is 6.94. The molecule has 3 rings (SSSR count). The van der Waals surface area contributed by atoms with Crippen LogP contribution in [0.1, 0.15) is 50.7 Å². The van der Waals surface area contributed by atoms with Crippen LogP contribution in [0.25, 0.3) is 0 Å². The Morgan fingerprint density at radius 1 is 1.17 bits per heavy atom. The molecule has 1 aliphatic heterocycles. The molecule has 0 spiro atoms. The number of fused-ring (bicyclic) bond motifs is 2. The van der Waals surface area contributed by atoms with Crippen LogP contribution < -0.4 is 4.74 Å². The lowest BCUT2D eigenvalue weighted by Gasteiger charge is -2.25. The van der Waals surface area contributed by atoms with Gasteiger partial charge < -0.3 is 14.7 Å². The van der Waals surface area contributed by atoms with Crippen molar-refractivity contribution in [2.45, 2.75) is 45.1 Å². The summed E-state index contributed by atoms with van der Waals surface area (Å²) >= 11 is 0. The Morgan fingerprint density at radius 3 is 2.65 bits per heavy atom. The largest absolute Gasteiger partial charge is 0.494 e. The van der Waals surface area contributed by atoms with E-state index in [9.17, 15) is 5.11 Å². The molecule has 4 heteroatoms. The van der Waals surface area contributed by atoms with E-state index in [1.807, 2.05) is 31.2 Å². The Kier molecular flexibility index (Phi) is 7.19. The predicted octanol–water partition coefficient (Wildman–Crippen LogP) is 4.05. The number of aliphatic hydroxyl groups is 1. The van der Waals surface area contributed by atoms with E-state index in [1.54, 1.807) is 0 Å². The summed E-state index contributed by atoms with van der Waals surface area (Å²) in [5.41, 5.74) is 1.000. The molecule has 23 heavy (non-hydrogen) atoms. The minimum atomic E-state index is -0.365. The molecule has 3 nitrogen and oxygen atoms in total. The van der Waals surface area contributed by atoms with Crippen LogP contribution in [0.3, 0.4) is 0 Å². The molecular formula is C19H30ClNO2. The van der Waals surface area contributed by atoms with Crippen molar-refractivity contribution in [1.29, 1.82) is 0 Å². The molecule has 0 radical (unpaired) electrons. The number of likely N-dealkylation sites (tertiary alicyclic amines) is 1. The number of hydrogen-bond acceptors (Lipinski definition) is 3. The van der Waals surface area contributed by atoms with Crippen LogP contribution in [-0.4, -0.2) is 36.2 Å². The maximum absolute atomic E-state index is 10.4. The van der Waals surface area contributed by atoms with Crippen LogP contribution in [0.4, 0.5) is 0 Å². The van der Waals surface area contributed by atoms with E-state index in [-0.39, 0.29) is 18.5 Å². The molecular weight excluding hydrogens is 310 g/mol. The first kappa shape index (κ1) is 18.6. The summed E-state index contributed by atoms with van der Waals surface area (Å²) in [4.78, 5) is 2.57. The lowest BCUT2D eigenvalue weighted by Crippen LogP contribution is -2.30. The van der Waals surface area contributed by atoms with Crippen LogP contribution >= 0.6 is 12.4 Å². The van der Waals surface area contributed by atoms with E-state index < -0.39 is 0 Å². The van der Waals surface area contributed by atoms with Gasteiger partial charge in [-0.2, -0.15) is 0 Å². The summed E-state index contributed by atoms with van der Waals surface area (Å²) in [5.74, 6) is 2.77. The van der Waals surface area contributed by atoms with Crippen molar-refractivity contribution in [3.05, 3.63) is 29.8 Å². The number of ether oxygens (including phenoxy) is 1. The Morgan fingerprint density at radius 2 is 1.91 bits per heavy atom.